The summed E-state index contributed by atoms with van der Waals surface area (Å²) in [6, 6.07) is 6.65. The van der Waals surface area contributed by atoms with E-state index in [9.17, 15) is 31.1 Å². The number of amides is 1. The van der Waals surface area contributed by atoms with Crippen LogP contribution in [0.1, 0.15) is 29.4 Å². The molecule has 2 aromatic heterocycles. The van der Waals surface area contributed by atoms with Crippen molar-refractivity contribution in [1.29, 1.82) is 0 Å². The Morgan fingerprint density at radius 2 is 1.86 bits per heavy atom. The average molecular weight is 511 g/mol. The molecule has 1 N–H and O–H groups in total. The predicted octanol–water partition coefficient (Wildman–Crippen LogP) is 5.24. The fourth-order valence-electron chi connectivity index (χ4n) is 4.38. The van der Waals surface area contributed by atoms with Gasteiger partial charge in [0.05, 0.1) is 18.2 Å². The van der Waals surface area contributed by atoms with Gasteiger partial charge in [0, 0.05) is 38.0 Å². The number of rotatable bonds is 5. The van der Waals surface area contributed by atoms with Crippen molar-refractivity contribution in [2.45, 2.75) is 31.5 Å². The third kappa shape index (κ3) is 5.47. The Bertz CT molecular complexity index is 1220. The van der Waals surface area contributed by atoms with Gasteiger partial charge in [-0.15, -0.1) is 0 Å². The van der Waals surface area contributed by atoms with Crippen LogP contribution in [-0.4, -0.2) is 50.6 Å². The summed E-state index contributed by atoms with van der Waals surface area (Å²) in [6.07, 6.45) is -2.78. The lowest BCUT2D eigenvalue weighted by Gasteiger charge is -2.43. The normalized spacial score (nSPS) is 19.8. The number of hydrogen-bond donors (Lipinski definition) is 1. The van der Waals surface area contributed by atoms with E-state index in [4.69, 9.17) is 0 Å². The summed E-state index contributed by atoms with van der Waals surface area (Å²) in [5.41, 5.74) is -0.126. The molecule has 0 radical (unpaired) electrons. The highest BCUT2D eigenvalue weighted by atomic mass is 19.4. The Morgan fingerprint density at radius 3 is 2.47 bits per heavy atom. The molecule has 1 saturated heterocycles. The second kappa shape index (κ2) is 9.47. The van der Waals surface area contributed by atoms with Gasteiger partial charge in [-0.05, 0) is 35.7 Å². The summed E-state index contributed by atoms with van der Waals surface area (Å²) in [4.78, 5) is 18.3. The van der Waals surface area contributed by atoms with Crippen molar-refractivity contribution in [3.8, 4) is 11.1 Å². The molecule has 192 valence electrons. The first-order chi connectivity index (χ1) is 16.8. The largest absolute Gasteiger partial charge is 0.417 e. The van der Waals surface area contributed by atoms with Crippen LogP contribution in [0.25, 0.3) is 11.1 Å². The molecule has 4 rings (SSSR count). The number of aryl methyl sites for hydroxylation is 1. The van der Waals surface area contributed by atoms with Gasteiger partial charge in [0.2, 0.25) is 0 Å². The van der Waals surface area contributed by atoms with E-state index in [2.05, 4.69) is 15.4 Å². The van der Waals surface area contributed by atoms with Crippen molar-refractivity contribution < 1.29 is 31.1 Å². The Kier molecular flexibility index (Phi) is 6.72. The van der Waals surface area contributed by atoms with Crippen LogP contribution >= 0.6 is 0 Å². The van der Waals surface area contributed by atoms with Gasteiger partial charge < -0.3 is 10.2 Å². The van der Waals surface area contributed by atoms with Crippen LogP contribution in [0.5, 0.6) is 0 Å². The molecule has 0 unspecified atom stereocenters. The zero-order valence-electron chi connectivity index (χ0n) is 19.4. The SMILES string of the molecule is C[C@@H]1CC(F)(F)CN(C(=O)c2nn(C)cc2-c2ccc(F)cc2)[C@@H]1CNc1ccc(C(F)(F)F)cn1. The number of anilines is 1. The van der Waals surface area contributed by atoms with Crippen LogP contribution < -0.4 is 5.32 Å². The number of likely N-dealkylation sites (tertiary alicyclic amines) is 1. The van der Waals surface area contributed by atoms with Crippen molar-refractivity contribution in [2.24, 2.45) is 13.0 Å². The maximum Gasteiger partial charge on any atom is 0.417 e. The minimum atomic E-state index is -4.54. The summed E-state index contributed by atoms with van der Waals surface area (Å²) < 4.78 is 82.2. The van der Waals surface area contributed by atoms with Crippen LogP contribution in [0.15, 0.2) is 48.8 Å². The number of pyridine rings is 1. The molecule has 0 spiro atoms. The van der Waals surface area contributed by atoms with E-state index < -0.39 is 54.3 Å². The predicted molar refractivity (Wildman–Crippen MR) is 120 cm³/mol. The lowest BCUT2D eigenvalue weighted by atomic mass is 9.88. The van der Waals surface area contributed by atoms with E-state index in [0.29, 0.717) is 17.3 Å². The molecule has 0 aliphatic carbocycles. The zero-order valence-corrected chi connectivity index (χ0v) is 19.4. The topological polar surface area (TPSA) is 63.1 Å². The first kappa shape index (κ1) is 25.5. The smallest absolute Gasteiger partial charge is 0.368 e. The van der Waals surface area contributed by atoms with Gasteiger partial charge in [0.15, 0.2) is 5.69 Å². The number of hydrogen-bond acceptors (Lipinski definition) is 4. The van der Waals surface area contributed by atoms with Crippen molar-refractivity contribution in [3.63, 3.8) is 0 Å². The molecule has 1 aliphatic heterocycles. The molecule has 1 aromatic carbocycles. The summed E-state index contributed by atoms with van der Waals surface area (Å²) in [6.45, 7) is 0.724. The number of alkyl halides is 5. The third-order valence-electron chi connectivity index (χ3n) is 6.11. The molecule has 12 heteroatoms. The lowest BCUT2D eigenvalue weighted by molar-refractivity contribution is -0.137. The third-order valence-corrected chi connectivity index (χ3v) is 6.11. The maximum atomic E-state index is 14.5. The first-order valence-electron chi connectivity index (χ1n) is 11.1. The zero-order chi connectivity index (χ0) is 26.3. The maximum absolute atomic E-state index is 14.5. The number of carbonyl (C=O) groups is 1. The fraction of sp³-hybridized carbons (Fsp3) is 0.375. The molecule has 1 aliphatic rings. The van der Waals surface area contributed by atoms with Gasteiger partial charge in [0.1, 0.15) is 11.6 Å². The van der Waals surface area contributed by atoms with Gasteiger partial charge in [-0.3, -0.25) is 9.48 Å². The first-order valence-corrected chi connectivity index (χ1v) is 11.1. The van der Waals surface area contributed by atoms with Gasteiger partial charge in [0.25, 0.3) is 11.8 Å². The molecular formula is C24H23F6N5O. The van der Waals surface area contributed by atoms with Crippen LogP contribution in [0.4, 0.5) is 32.2 Å². The van der Waals surface area contributed by atoms with Gasteiger partial charge >= 0.3 is 6.18 Å². The molecule has 0 saturated carbocycles. The number of aromatic nitrogens is 3. The van der Waals surface area contributed by atoms with Crippen LogP contribution in [0.3, 0.4) is 0 Å². The number of halogens is 6. The number of piperidine rings is 1. The Balaban J connectivity index is 1.60. The molecule has 3 heterocycles. The quantitative estimate of drug-likeness (QED) is 0.476. The second-order valence-corrected chi connectivity index (χ2v) is 8.92. The van der Waals surface area contributed by atoms with Crippen molar-refractivity contribution >= 4 is 11.7 Å². The monoisotopic (exact) mass is 511 g/mol. The van der Waals surface area contributed by atoms with E-state index in [1.807, 2.05) is 0 Å². The highest BCUT2D eigenvalue weighted by Crippen LogP contribution is 2.36. The van der Waals surface area contributed by atoms with E-state index in [1.54, 1.807) is 20.2 Å². The van der Waals surface area contributed by atoms with E-state index >= 15 is 0 Å². The second-order valence-electron chi connectivity index (χ2n) is 8.92. The van der Waals surface area contributed by atoms with E-state index in [1.165, 1.54) is 28.9 Å². The van der Waals surface area contributed by atoms with E-state index in [0.717, 1.165) is 17.0 Å². The van der Waals surface area contributed by atoms with Crippen molar-refractivity contribution in [1.82, 2.24) is 19.7 Å². The van der Waals surface area contributed by atoms with Crippen LogP contribution in [0, 0.1) is 11.7 Å². The minimum absolute atomic E-state index is 0.0138. The lowest BCUT2D eigenvalue weighted by Crippen LogP contribution is -2.57. The minimum Gasteiger partial charge on any atom is -0.368 e. The summed E-state index contributed by atoms with van der Waals surface area (Å²) in [5.74, 6) is -4.86. The van der Waals surface area contributed by atoms with Crippen LogP contribution in [0.2, 0.25) is 0 Å². The molecule has 3 aromatic rings. The summed E-state index contributed by atoms with van der Waals surface area (Å²) >= 11 is 0. The molecule has 6 nitrogen and oxygen atoms in total. The van der Waals surface area contributed by atoms with Crippen LogP contribution in [-0.2, 0) is 13.2 Å². The highest BCUT2D eigenvalue weighted by Gasteiger charge is 2.46. The summed E-state index contributed by atoms with van der Waals surface area (Å²) in [7, 11) is 1.58. The fourth-order valence-corrected chi connectivity index (χ4v) is 4.38. The Morgan fingerprint density at radius 1 is 1.17 bits per heavy atom. The number of carbonyl (C=O) groups excluding carboxylic acids is 1. The van der Waals surface area contributed by atoms with Gasteiger partial charge in [-0.25, -0.2) is 18.2 Å². The van der Waals surface area contributed by atoms with Gasteiger partial charge in [-0.1, -0.05) is 19.1 Å². The molecule has 1 fully saturated rings. The molecule has 36 heavy (non-hydrogen) atoms. The summed E-state index contributed by atoms with van der Waals surface area (Å²) in [5, 5.41) is 7.05. The number of nitrogens with one attached hydrogen (secondary N) is 1. The van der Waals surface area contributed by atoms with E-state index in [-0.39, 0.29) is 18.1 Å². The highest BCUT2D eigenvalue weighted by molar-refractivity contribution is 5.99. The van der Waals surface area contributed by atoms with Crippen molar-refractivity contribution in [3.05, 3.63) is 65.9 Å². The molecule has 2 atom stereocenters. The molecule has 0 bridgehead atoms. The Hall–Kier alpha value is -3.57. The standard InChI is InChI=1S/C24H23F6N5O/c1-14-9-23(26,27)13-35(19(14)11-32-20-8-5-16(10-31-20)24(28,29)30)22(36)21-18(12-34(2)33-21)15-3-6-17(25)7-4-15/h3-8,10,12,14,19H,9,11,13H2,1-2H3,(H,31,32)/t14-,19-/m1/s1. The van der Waals surface area contributed by atoms with Crippen molar-refractivity contribution in [2.75, 3.05) is 18.4 Å². The molecule has 1 amide bonds. The number of benzene rings is 1. The Labute approximate surface area is 202 Å². The average Bonchev–Trinajstić information content (AvgIpc) is 3.19. The van der Waals surface area contributed by atoms with Gasteiger partial charge in [-0.2, -0.15) is 18.3 Å². The molecular weight excluding hydrogens is 488 g/mol. The number of nitrogens with zero attached hydrogens (tertiary/aromatic N) is 4.